The number of anilines is 2. The molecule has 0 unspecified atom stereocenters. The molecule has 6 rings (SSSR count). The third-order valence-electron chi connectivity index (χ3n) is 6.59. The van der Waals surface area contributed by atoms with Crippen LogP contribution in [0.5, 0.6) is 0 Å². The first-order valence-corrected chi connectivity index (χ1v) is 12.4. The van der Waals surface area contributed by atoms with Gasteiger partial charge in [0.25, 0.3) is 0 Å². The lowest BCUT2D eigenvalue weighted by atomic mass is 10.1. The van der Waals surface area contributed by atoms with Gasteiger partial charge in [-0.3, -0.25) is 14.4 Å². The molecule has 0 bridgehead atoms. The van der Waals surface area contributed by atoms with Crippen LogP contribution in [-0.2, 0) is 20.8 Å². The van der Waals surface area contributed by atoms with Gasteiger partial charge in [0, 0.05) is 18.2 Å². The first-order valence-electron chi connectivity index (χ1n) is 11.5. The number of nitrogens with one attached hydrogen (secondary N) is 1. The van der Waals surface area contributed by atoms with Crippen LogP contribution in [0, 0.1) is 0 Å². The molecule has 1 atom stereocenters. The van der Waals surface area contributed by atoms with Gasteiger partial charge < -0.3 is 5.32 Å². The molecule has 1 fully saturated rings. The van der Waals surface area contributed by atoms with Crippen molar-refractivity contribution in [1.82, 2.24) is 0 Å². The lowest BCUT2D eigenvalue weighted by molar-refractivity contribution is -0.121. The molecule has 35 heavy (non-hydrogen) atoms. The fourth-order valence-corrected chi connectivity index (χ4v) is 6.31. The highest BCUT2D eigenvalue weighted by molar-refractivity contribution is 8.01. The first kappa shape index (κ1) is 21.6. The third kappa shape index (κ3) is 3.70. The van der Waals surface area contributed by atoms with Gasteiger partial charge in [0.1, 0.15) is 0 Å². The van der Waals surface area contributed by atoms with Gasteiger partial charge in [-0.2, -0.15) is 0 Å². The van der Waals surface area contributed by atoms with Crippen molar-refractivity contribution in [3.8, 4) is 11.1 Å². The predicted molar refractivity (Wildman–Crippen MR) is 140 cm³/mol. The maximum absolute atomic E-state index is 13.5. The zero-order valence-corrected chi connectivity index (χ0v) is 19.9. The van der Waals surface area contributed by atoms with Crippen LogP contribution in [0.2, 0.25) is 0 Å². The summed E-state index contributed by atoms with van der Waals surface area (Å²) in [6, 6.07) is 25.8. The van der Waals surface area contributed by atoms with Crippen molar-refractivity contribution >= 4 is 51.6 Å². The number of amides is 3. The smallest absolute Gasteiger partial charge is 0.247 e. The molecule has 2 aliphatic rings. The fourth-order valence-electron chi connectivity index (χ4n) is 5.04. The van der Waals surface area contributed by atoms with Crippen LogP contribution >= 0.6 is 11.8 Å². The maximum Gasteiger partial charge on any atom is 0.247 e. The number of carbonyl (C=O) groups is 3. The summed E-state index contributed by atoms with van der Waals surface area (Å²) in [6.07, 6.45) is 0.910. The van der Waals surface area contributed by atoms with E-state index in [1.54, 1.807) is 0 Å². The van der Waals surface area contributed by atoms with Gasteiger partial charge in [-0.05, 0) is 57.6 Å². The summed E-state index contributed by atoms with van der Waals surface area (Å²) >= 11 is 1.35. The van der Waals surface area contributed by atoms with Crippen LogP contribution < -0.4 is 10.2 Å². The molecule has 0 aromatic heterocycles. The first-order chi connectivity index (χ1) is 17.0. The van der Waals surface area contributed by atoms with E-state index in [1.165, 1.54) is 34.7 Å². The Balaban J connectivity index is 1.32. The summed E-state index contributed by atoms with van der Waals surface area (Å²) in [5, 5.41) is 4.26. The monoisotopic (exact) mass is 478 g/mol. The molecule has 1 N–H and O–H groups in total. The topological polar surface area (TPSA) is 66.5 Å². The molecular formula is C29H22N2O3S. The second-order valence-electron chi connectivity index (χ2n) is 8.90. The molecule has 0 saturated carbocycles. The van der Waals surface area contributed by atoms with E-state index in [0.717, 1.165) is 33.2 Å². The summed E-state index contributed by atoms with van der Waals surface area (Å²) < 4.78 is 0. The SMILES string of the molecule is CC(=O)Nc1ccc2ccccc2c1S[C@@H]1CC(=O)N(c2ccc3c(c2)Cc2ccccc2-3)C1=O. The quantitative estimate of drug-likeness (QED) is 0.332. The third-order valence-corrected chi connectivity index (χ3v) is 7.92. The average Bonchev–Trinajstić information content (AvgIpc) is 3.35. The summed E-state index contributed by atoms with van der Waals surface area (Å²) in [7, 11) is 0. The number of nitrogens with zero attached hydrogens (tertiary/aromatic N) is 1. The lowest BCUT2D eigenvalue weighted by Gasteiger charge is -2.18. The largest absolute Gasteiger partial charge is 0.325 e. The Morgan fingerprint density at radius 3 is 2.54 bits per heavy atom. The fraction of sp³-hybridized carbons (Fsp3) is 0.138. The molecule has 5 nitrogen and oxygen atoms in total. The highest BCUT2D eigenvalue weighted by atomic mass is 32.2. The maximum atomic E-state index is 13.5. The van der Waals surface area contributed by atoms with E-state index in [4.69, 9.17) is 0 Å². The zero-order chi connectivity index (χ0) is 24.1. The summed E-state index contributed by atoms with van der Waals surface area (Å²) in [5.74, 6) is -0.613. The summed E-state index contributed by atoms with van der Waals surface area (Å²) in [4.78, 5) is 40.5. The van der Waals surface area contributed by atoms with Gasteiger partial charge in [-0.25, -0.2) is 4.90 Å². The second-order valence-corrected chi connectivity index (χ2v) is 10.1. The van der Waals surface area contributed by atoms with Gasteiger partial charge in [0.2, 0.25) is 17.7 Å². The summed E-state index contributed by atoms with van der Waals surface area (Å²) in [5.41, 5.74) is 6.02. The van der Waals surface area contributed by atoms with E-state index >= 15 is 0 Å². The second kappa shape index (κ2) is 8.40. The Bertz CT molecular complexity index is 1540. The molecular weight excluding hydrogens is 456 g/mol. The molecule has 0 spiro atoms. The van der Waals surface area contributed by atoms with Crippen molar-refractivity contribution in [2.45, 2.75) is 29.9 Å². The lowest BCUT2D eigenvalue weighted by Crippen LogP contribution is -2.31. The number of thioether (sulfide) groups is 1. The molecule has 1 aliphatic heterocycles. The van der Waals surface area contributed by atoms with Crippen molar-refractivity contribution in [3.63, 3.8) is 0 Å². The summed E-state index contributed by atoms with van der Waals surface area (Å²) in [6.45, 7) is 1.46. The molecule has 6 heteroatoms. The Morgan fingerprint density at radius 1 is 0.914 bits per heavy atom. The Kier molecular flexibility index (Phi) is 5.19. The van der Waals surface area contributed by atoms with Crippen LogP contribution in [0.15, 0.2) is 83.8 Å². The van der Waals surface area contributed by atoms with Crippen LogP contribution in [0.4, 0.5) is 11.4 Å². The van der Waals surface area contributed by atoms with E-state index in [2.05, 4.69) is 17.4 Å². The Hall–Kier alpha value is -3.90. The number of benzene rings is 4. The van der Waals surface area contributed by atoms with Crippen LogP contribution in [0.3, 0.4) is 0 Å². The van der Waals surface area contributed by atoms with Crippen molar-refractivity contribution in [2.24, 2.45) is 0 Å². The number of hydrogen-bond donors (Lipinski definition) is 1. The minimum Gasteiger partial charge on any atom is -0.325 e. The molecule has 0 radical (unpaired) electrons. The molecule has 1 aliphatic carbocycles. The molecule has 4 aromatic rings. The minimum absolute atomic E-state index is 0.115. The van der Waals surface area contributed by atoms with Crippen LogP contribution in [0.25, 0.3) is 21.9 Å². The predicted octanol–water partition coefficient (Wildman–Crippen LogP) is 5.79. The number of rotatable bonds is 4. The normalized spacial score (nSPS) is 16.5. The van der Waals surface area contributed by atoms with Gasteiger partial charge in [-0.1, -0.05) is 60.7 Å². The van der Waals surface area contributed by atoms with E-state index in [1.807, 2.05) is 66.7 Å². The number of fused-ring (bicyclic) bond motifs is 4. The van der Waals surface area contributed by atoms with Gasteiger partial charge in [0.15, 0.2) is 0 Å². The van der Waals surface area contributed by atoms with E-state index in [-0.39, 0.29) is 24.1 Å². The number of hydrogen-bond acceptors (Lipinski definition) is 4. The Morgan fingerprint density at radius 2 is 1.69 bits per heavy atom. The minimum atomic E-state index is -0.564. The molecule has 3 amide bonds. The molecule has 1 saturated heterocycles. The molecule has 4 aromatic carbocycles. The average molecular weight is 479 g/mol. The van der Waals surface area contributed by atoms with E-state index in [0.29, 0.717) is 11.4 Å². The highest BCUT2D eigenvalue weighted by Crippen LogP contribution is 2.43. The van der Waals surface area contributed by atoms with Crippen molar-refractivity contribution in [2.75, 3.05) is 10.2 Å². The van der Waals surface area contributed by atoms with E-state index in [9.17, 15) is 14.4 Å². The zero-order valence-electron chi connectivity index (χ0n) is 19.1. The van der Waals surface area contributed by atoms with Gasteiger partial charge in [0.05, 0.1) is 16.6 Å². The van der Waals surface area contributed by atoms with Crippen molar-refractivity contribution < 1.29 is 14.4 Å². The molecule has 172 valence electrons. The Labute approximate surface area is 207 Å². The van der Waals surface area contributed by atoms with Crippen LogP contribution in [0.1, 0.15) is 24.5 Å². The van der Waals surface area contributed by atoms with Crippen LogP contribution in [-0.4, -0.2) is 23.0 Å². The number of imide groups is 1. The molecule has 1 heterocycles. The van der Waals surface area contributed by atoms with Crippen molar-refractivity contribution in [1.29, 1.82) is 0 Å². The van der Waals surface area contributed by atoms with Crippen molar-refractivity contribution in [3.05, 3.63) is 90.0 Å². The highest BCUT2D eigenvalue weighted by Gasteiger charge is 2.41. The van der Waals surface area contributed by atoms with Gasteiger partial charge >= 0.3 is 0 Å². The standard InChI is InChI=1S/C29H22N2O3S/c1-17(32)30-25-13-10-18-6-2-5-9-24(18)28(25)35-26-16-27(33)31(29(26)34)21-11-12-23-20(15-21)14-19-7-3-4-8-22(19)23/h2-13,15,26H,14,16H2,1H3,(H,30,32)/t26-/m1/s1. The van der Waals surface area contributed by atoms with E-state index < -0.39 is 5.25 Å². The number of carbonyl (C=O) groups excluding carboxylic acids is 3. The van der Waals surface area contributed by atoms with Gasteiger partial charge in [-0.15, -0.1) is 11.8 Å².